The third-order valence-corrected chi connectivity index (χ3v) is 16.3. The van der Waals surface area contributed by atoms with E-state index < -0.39 is 16.6 Å². The summed E-state index contributed by atoms with van der Waals surface area (Å²) in [5.74, 6) is 1.96. The van der Waals surface area contributed by atoms with Crippen molar-refractivity contribution in [3.63, 3.8) is 0 Å². The summed E-state index contributed by atoms with van der Waals surface area (Å²) in [6.07, 6.45) is 7.16. The van der Waals surface area contributed by atoms with E-state index in [-0.39, 0.29) is 17.4 Å². The van der Waals surface area contributed by atoms with Crippen LogP contribution in [0.5, 0.6) is 0 Å². The monoisotopic (exact) mass is 510 g/mol. The molecule has 0 fully saturated rings. The van der Waals surface area contributed by atoms with Crippen molar-refractivity contribution < 1.29 is 22.8 Å². The Morgan fingerprint density at radius 3 is 1.76 bits per heavy atom. The van der Waals surface area contributed by atoms with Gasteiger partial charge in [0.05, 0.1) is 6.26 Å². The van der Waals surface area contributed by atoms with Gasteiger partial charge in [-0.15, -0.1) is 0 Å². The van der Waals surface area contributed by atoms with Crippen LogP contribution in [0.1, 0.15) is 72.1 Å². The Balaban J connectivity index is 0.000000340. The molecule has 1 aromatic heterocycles. The number of hydrogen-bond acceptors (Lipinski definition) is 5. The van der Waals surface area contributed by atoms with Gasteiger partial charge in [0.25, 0.3) is 0 Å². The Hall–Kier alpha value is -1.16. The van der Waals surface area contributed by atoms with Crippen molar-refractivity contribution >= 4 is 22.4 Å². The lowest BCUT2D eigenvalue weighted by molar-refractivity contribution is -0.115. The number of carbonyl (C=O) groups excluding carboxylic acids is 1. The Bertz CT molecular complexity index is 795. The lowest BCUT2D eigenvalue weighted by atomic mass is 10.2. The van der Waals surface area contributed by atoms with Gasteiger partial charge in [-0.3, -0.25) is 4.79 Å². The number of hydrogen-bond donors (Lipinski definition) is 0. The number of carbonyl (C=O) groups is 1. The molecule has 1 aromatic rings. The fourth-order valence-corrected chi connectivity index (χ4v) is 4.95. The maximum atomic E-state index is 11.0. The van der Waals surface area contributed by atoms with Crippen molar-refractivity contribution in [3.05, 3.63) is 35.5 Å². The van der Waals surface area contributed by atoms with E-state index >= 15 is 0 Å². The van der Waals surface area contributed by atoms with Crippen LogP contribution < -0.4 is 0 Å². The third-order valence-electron chi connectivity index (χ3n) is 7.18. The van der Waals surface area contributed by atoms with E-state index in [1.807, 2.05) is 6.26 Å². The molecular formula is C27H50O5Si2. The minimum absolute atomic E-state index is 0.0744. The molecule has 196 valence electrons. The number of rotatable bonds is 10. The molecule has 0 radical (unpaired) electrons. The maximum absolute atomic E-state index is 11.0. The number of allylic oxidation sites excluding steroid dienone is 1. The minimum atomic E-state index is -1.62. The first kappa shape index (κ1) is 30.9. The molecule has 2 heterocycles. The summed E-state index contributed by atoms with van der Waals surface area (Å²) < 4.78 is 22.8. The second-order valence-electron chi connectivity index (χ2n) is 12.4. The molecule has 0 unspecified atom stereocenters. The van der Waals surface area contributed by atoms with Crippen molar-refractivity contribution in [2.75, 3.05) is 19.8 Å². The molecule has 1 aliphatic heterocycles. The standard InChI is InChI=1S/C14H26O2Si.C13H24O3Si/c1-12-10-13(15-11-12)8-7-9-16-17(5,6)14(2,3)4;1-13(2,3)17(4,5)16-8-6-7-12-9-11(14)10-15-12/h10-11H,7-9H2,1-6H3;9H,6-8,10H2,1-5H3. The van der Waals surface area contributed by atoms with E-state index in [1.165, 1.54) is 5.56 Å². The topological polar surface area (TPSA) is 57.9 Å². The van der Waals surface area contributed by atoms with Crippen LogP contribution in [-0.4, -0.2) is 42.2 Å². The second-order valence-corrected chi connectivity index (χ2v) is 22.0. The fourth-order valence-electron chi connectivity index (χ4n) is 2.77. The van der Waals surface area contributed by atoms with Gasteiger partial charge in [0.1, 0.15) is 11.5 Å². The average molecular weight is 511 g/mol. The molecule has 7 heteroatoms. The van der Waals surface area contributed by atoms with Gasteiger partial charge in [-0.05, 0) is 67.7 Å². The minimum Gasteiger partial charge on any atom is -0.490 e. The molecule has 0 aromatic carbocycles. The Morgan fingerprint density at radius 2 is 1.38 bits per heavy atom. The highest BCUT2D eigenvalue weighted by atomic mass is 28.4. The molecule has 34 heavy (non-hydrogen) atoms. The predicted molar refractivity (Wildman–Crippen MR) is 146 cm³/mol. The molecule has 0 saturated carbocycles. The van der Waals surface area contributed by atoms with Crippen molar-refractivity contribution in [1.29, 1.82) is 0 Å². The van der Waals surface area contributed by atoms with Gasteiger partial charge < -0.3 is 18.0 Å². The van der Waals surface area contributed by atoms with Crippen LogP contribution in [0.2, 0.25) is 36.3 Å². The van der Waals surface area contributed by atoms with Gasteiger partial charge in [0, 0.05) is 32.1 Å². The Kier molecular flexibility index (Phi) is 11.5. The van der Waals surface area contributed by atoms with Crippen LogP contribution in [0.15, 0.2) is 28.6 Å². The van der Waals surface area contributed by atoms with E-state index in [4.69, 9.17) is 18.0 Å². The molecule has 0 spiro atoms. The van der Waals surface area contributed by atoms with Gasteiger partial charge in [0.15, 0.2) is 29.0 Å². The zero-order valence-electron chi connectivity index (χ0n) is 23.7. The van der Waals surface area contributed by atoms with Crippen LogP contribution in [0.25, 0.3) is 0 Å². The summed E-state index contributed by atoms with van der Waals surface area (Å²) in [6.45, 7) is 26.5. The fraction of sp³-hybridized carbons (Fsp3) is 0.741. The summed E-state index contributed by atoms with van der Waals surface area (Å²) in [6, 6.07) is 2.10. The number of ketones is 1. The molecule has 5 nitrogen and oxygen atoms in total. The van der Waals surface area contributed by atoms with Gasteiger partial charge >= 0.3 is 0 Å². The lowest BCUT2D eigenvalue weighted by Gasteiger charge is -2.36. The summed E-state index contributed by atoms with van der Waals surface area (Å²) in [7, 11) is -3.19. The van der Waals surface area contributed by atoms with Crippen molar-refractivity contribution in [2.45, 2.75) is 110 Å². The van der Waals surface area contributed by atoms with Gasteiger partial charge in [-0.25, -0.2) is 0 Å². The molecule has 0 N–H and O–H groups in total. The Labute approximate surface area is 210 Å². The van der Waals surface area contributed by atoms with Crippen LogP contribution in [0, 0.1) is 6.92 Å². The first-order chi connectivity index (χ1) is 15.4. The second kappa shape index (κ2) is 12.7. The predicted octanol–water partition coefficient (Wildman–Crippen LogP) is 7.81. The van der Waals surface area contributed by atoms with Crippen molar-refractivity contribution in [2.24, 2.45) is 0 Å². The van der Waals surface area contributed by atoms with Crippen LogP contribution in [0.3, 0.4) is 0 Å². The SMILES string of the molecule is CC(C)(C)[Si](C)(C)OCCCC1=CC(=O)CO1.Cc1coc(CCCO[Si](C)(C)C(C)(C)C)c1. The molecule has 0 bridgehead atoms. The summed E-state index contributed by atoms with van der Waals surface area (Å²) in [5.41, 5.74) is 1.20. The van der Waals surface area contributed by atoms with Gasteiger partial charge in [-0.1, -0.05) is 41.5 Å². The van der Waals surface area contributed by atoms with Crippen LogP contribution in [0.4, 0.5) is 0 Å². The zero-order chi connectivity index (χ0) is 26.2. The largest absolute Gasteiger partial charge is 0.490 e. The summed E-state index contributed by atoms with van der Waals surface area (Å²) >= 11 is 0. The molecule has 1 aliphatic rings. The molecule has 0 amide bonds. The highest BCUT2D eigenvalue weighted by molar-refractivity contribution is 6.74. The number of ether oxygens (including phenoxy) is 1. The number of aryl methyl sites for hydroxylation is 2. The summed E-state index contributed by atoms with van der Waals surface area (Å²) in [5, 5.41) is 0.556. The molecule has 2 rings (SSSR count). The molecule has 0 saturated heterocycles. The lowest BCUT2D eigenvalue weighted by Crippen LogP contribution is -2.41. The quantitative estimate of drug-likeness (QED) is 0.237. The van der Waals surface area contributed by atoms with Crippen LogP contribution in [-0.2, 0) is 24.8 Å². The zero-order valence-corrected chi connectivity index (χ0v) is 25.7. The highest BCUT2D eigenvalue weighted by Gasteiger charge is 2.37. The van der Waals surface area contributed by atoms with E-state index in [0.29, 0.717) is 5.04 Å². The number of furan rings is 1. The van der Waals surface area contributed by atoms with Crippen molar-refractivity contribution in [3.8, 4) is 0 Å². The molecular weight excluding hydrogens is 460 g/mol. The van der Waals surface area contributed by atoms with E-state index in [0.717, 1.165) is 50.4 Å². The van der Waals surface area contributed by atoms with E-state index in [9.17, 15) is 4.79 Å². The van der Waals surface area contributed by atoms with Gasteiger partial charge in [-0.2, -0.15) is 0 Å². The van der Waals surface area contributed by atoms with Crippen molar-refractivity contribution in [1.82, 2.24) is 0 Å². The maximum Gasteiger partial charge on any atom is 0.196 e. The van der Waals surface area contributed by atoms with E-state index in [2.05, 4.69) is 80.7 Å². The summed E-state index contributed by atoms with van der Waals surface area (Å²) in [4.78, 5) is 11.0. The van der Waals surface area contributed by atoms with Gasteiger partial charge in [0.2, 0.25) is 0 Å². The highest BCUT2D eigenvalue weighted by Crippen LogP contribution is 2.37. The third kappa shape index (κ3) is 10.6. The first-order valence-corrected chi connectivity index (χ1v) is 18.4. The Morgan fingerprint density at radius 1 is 0.882 bits per heavy atom. The van der Waals surface area contributed by atoms with E-state index in [1.54, 1.807) is 6.08 Å². The normalized spacial score (nSPS) is 15.0. The molecule has 0 atom stereocenters. The average Bonchev–Trinajstić information content (AvgIpc) is 3.29. The smallest absolute Gasteiger partial charge is 0.196 e. The first-order valence-electron chi connectivity index (χ1n) is 12.6. The van der Waals surface area contributed by atoms with Crippen LogP contribution >= 0.6 is 0 Å². The molecule has 0 aliphatic carbocycles.